The standard InChI is InChI=1S/C15H11BrFN5O/c16-9-3-1-2-7(12(9)17)13-8(14(18)23)6-11(21-13)10-4-5-20-15(19)22-10/h1-6,21H,(H2,18,23)(H2,19,20,22). The van der Waals surface area contributed by atoms with Crippen molar-refractivity contribution in [2.45, 2.75) is 0 Å². The number of H-pyrrole nitrogens is 1. The molecule has 1 aromatic carbocycles. The van der Waals surface area contributed by atoms with E-state index in [1.165, 1.54) is 12.3 Å². The van der Waals surface area contributed by atoms with Crippen LogP contribution >= 0.6 is 15.9 Å². The van der Waals surface area contributed by atoms with E-state index in [0.29, 0.717) is 11.4 Å². The first kappa shape index (κ1) is 15.2. The van der Waals surface area contributed by atoms with Crippen LogP contribution in [0, 0.1) is 5.82 Å². The number of anilines is 1. The molecule has 3 rings (SSSR count). The van der Waals surface area contributed by atoms with Gasteiger partial charge >= 0.3 is 0 Å². The van der Waals surface area contributed by atoms with Gasteiger partial charge in [0.2, 0.25) is 5.95 Å². The van der Waals surface area contributed by atoms with E-state index < -0.39 is 11.7 Å². The fourth-order valence-corrected chi connectivity index (χ4v) is 2.59. The van der Waals surface area contributed by atoms with Crippen molar-refractivity contribution in [1.82, 2.24) is 15.0 Å². The fourth-order valence-electron chi connectivity index (χ4n) is 2.22. The van der Waals surface area contributed by atoms with Crippen molar-refractivity contribution >= 4 is 27.8 Å². The van der Waals surface area contributed by atoms with Crippen LogP contribution in [-0.4, -0.2) is 20.9 Å². The Morgan fingerprint density at radius 2 is 2.09 bits per heavy atom. The van der Waals surface area contributed by atoms with E-state index in [1.54, 1.807) is 24.3 Å². The summed E-state index contributed by atoms with van der Waals surface area (Å²) in [4.78, 5) is 22.6. The van der Waals surface area contributed by atoms with E-state index in [9.17, 15) is 9.18 Å². The Balaban J connectivity index is 2.21. The number of aromatic nitrogens is 3. The zero-order valence-electron chi connectivity index (χ0n) is 11.7. The normalized spacial score (nSPS) is 10.7. The molecule has 0 saturated carbocycles. The number of amides is 1. The molecule has 8 heteroatoms. The number of carbonyl (C=O) groups excluding carboxylic acids is 1. The van der Waals surface area contributed by atoms with Gasteiger partial charge in [-0.25, -0.2) is 14.4 Å². The summed E-state index contributed by atoms with van der Waals surface area (Å²) in [5.74, 6) is -1.08. The lowest BCUT2D eigenvalue weighted by Gasteiger charge is -2.05. The molecule has 0 atom stereocenters. The van der Waals surface area contributed by atoms with Crippen LogP contribution in [0.25, 0.3) is 22.6 Å². The Kier molecular flexibility index (Phi) is 3.83. The summed E-state index contributed by atoms with van der Waals surface area (Å²) in [6.07, 6.45) is 1.49. The highest BCUT2D eigenvalue weighted by Gasteiger charge is 2.19. The number of halogens is 2. The molecule has 1 amide bonds. The molecule has 0 saturated heterocycles. The summed E-state index contributed by atoms with van der Waals surface area (Å²) in [7, 11) is 0. The monoisotopic (exact) mass is 375 g/mol. The molecule has 0 aliphatic rings. The number of rotatable bonds is 3. The number of carbonyl (C=O) groups is 1. The number of nitrogens with two attached hydrogens (primary N) is 2. The molecule has 5 N–H and O–H groups in total. The van der Waals surface area contributed by atoms with Gasteiger partial charge in [-0.15, -0.1) is 0 Å². The SMILES string of the molecule is NC(=O)c1cc(-c2ccnc(N)n2)[nH]c1-c1cccc(Br)c1F. The zero-order valence-corrected chi connectivity index (χ0v) is 13.3. The van der Waals surface area contributed by atoms with Gasteiger partial charge in [0.25, 0.3) is 5.91 Å². The maximum absolute atomic E-state index is 14.3. The van der Waals surface area contributed by atoms with E-state index in [4.69, 9.17) is 11.5 Å². The van der Waals surface area contributed by atoms with Crippen molar-refractivity contribution in [1.29, 1.82) is 0 Å². The molecule has 6 nitrogen and oxygen atoms in total. The summed E-state index contributed by atoms with van der Waals surface area (Å²) in [6, 6.07) is 7.92. The highest BCUT2D eigenvalue weighted by Crippen LogP contribution is 2.32. The third kappa shape index (κ3) is 2.80. The van der Waals surface area contributed by atoms with E-state index in [2.05, 4.69) is 30.9 Å². The molecular weight excluding hydrogens is 365 g/mol. The first-order valence-corrected chi connectivity index (χ1v) is 7.32. The van der Waals surface area contributed by atoms with Gasteiger partial charge in [-0.1, -0.05) is 6.07 Å². The van der Waals surface area contributed by atoms with Gasteiger partial charge in [-0.2, -0.15) is 0 Å². The van der Waals surface area contributed by atoms with Crippen molar-refractivity contribution < 1.29 is 9.18 Å². The molecule has 0 bridgehead atoms. The zero-order chi connectivity index (χ0) is 16.6. The van der Waals surface area contributed by atoms with Gasteiger partial charge in [-0.05, 0) is 40.2 Å². The quantitative estimate of drug-likeness (QED) is 0.653. The lowest BCUT2D eigenvalue weighted by Crippen LogP contribution is -2.11. The van der Waals surface area contributed by atoms with Crippen LogP contribution in [0.3, 0.4) is 0 Å². The highest BCUT2D eigenvalue weighted by atomic mass is 79.9. The van der Waals surface area contributed by atoms with E-state index >= 15 is 0 Å². The van der Waals surface area contributed by atoms with Gasteiger partial charge in [-0.3, -0.25) is 4.79 Å². The Labute approximate surface area is 138 Å². The van der Waals surface area contributed by atoms with Crippen LogP contribution in [0.1, 0.15) is 10.4 Å². The Bertz CT molecular complexity index is 909. The van der Waals surface area contributed by atoms with Crippen molar-refractivity contribution in [3.63, 3.8) is 0 Å². The summed E-state index contributed by atoms with van der Waals surface area (Å²) in [6.45, 7) is 0. The molecule has 0 aliphatic carbocycles. The largest absolute Gasteiger partial charge is 0.368 e. The van der Waals surface area contributed by atoms with Crippen molar-refractivity contribution in [2.75, 3.05) is 5.73 Å². The third-order valence-electron chi connectivity index (χ3n) is 3.25. The molecule has 23 heavy (non-hydrogen) atoms. The average Bonchev–Trinajstić information content (AvgIpc) is 2.95. The molecule has 0 unspecified atom stereocenters. The summed E-state index contributed by atoms with van der Waals surface area (Å²) >= 11 is 3.12. The smallest absolute Gasteiger partial charge is 0.250 e. The molecule has 116 valence electrons. The van der Waals surface area contributed by atoms with Gasteiger partial charge < -0.3 is 16.5 Å². The van der Waals surface area contributed by atoms with Gasteiger partial charge in [0.15, 0.2) is 0 Å². The van der Waals surface area contributed by atoms with Gasteiger partial charge in [0.1, 0.15) is 5.82 Å². The lowest BCUT2D eigenvalue weighted by molar-refractivity contribution is 0.100. The Morgan fingerprint density at radius 1 is 1.30 bits per heavy atom. The van der Waals surface area contributed by atoms with E-state index in [0.717, 1.165) is 0 Å². The molecule has 0 spiro atoms. The van der Waals surface area contributed by atoms with Crippen LogP contribution in [0.5, 0.6) is 0 Å². The number of hydrogen-bond donors (Lipinski definition) is 3. The van der Waals surface area contributed by atoms with Crippen molar-refractivity contribution in [3.05, 3.63) is 52.4 Å². The second-order valence-electron chi connectivity index (χ2n) is 4.74. The van der Waals surface area contributed by atoms with E-state index in [1.807, 2.05) is 0 Å². The third-order valence-corrected chi connectivity index (χ3v) is 3.87. The number of hydrogen-bond acceptors (Lipinski definition) is 4. The first-order chi connectivity index (χ1) is 11.0. The second-order valence-corrected chi connectivity index (χ2v) is 5.59. The number of nitrogens with one attached hydrogen (secondary N) is 1. The van der Waals surface area contributed by atoms with E-state index in [-0.39, 0.29) is 27.2 Å². The molecular formula is C15H11BrFN5O. The number of primary amides is 1. The minimum absolute atomic E-state index is 0.0907. The fraction of sp³-hybridized carbons (Fsp3) is 0. The minimum atomic E-state index is -0.677. The van der Waals surface area contributed by atoms with Crippen molar-refractivity contribution in [3.8, 4) is 22.6 Å². The number of nitrogen functional groups attached to an aromatic ring is 1. The number of aromatic amines is 1. The van der Waals surface area contributed by atoms with Crippen LogP contribution in [0.4, 0.5) is 10.3 Å². The molecule has 3 aromatic rings. The molecule has 2 heterocycles. The van der Waals surface area contributed by atoms with Crippen LogP contribution < -0.4 is 11.5 Å². The first-order valence-electron chi connectivity index (χ1n) is 6.53. The van der Waals surface area contributed by atoms with Crippen LogP contribution in [0.2, 0.25) is 0 Å². The second kappa shape index (κ2) is 5.81. The maximum atomic E-state index is 14.3. The number of nitrogens with zero attached hydrogens (tertiary/aromatic N) is 2. The molecule has 2 aromatic heterocycles. The molecule has 0 fully saturated rings. The summed E-state index contributed by atoms with van der Waals surface area (Å²) in [5, 5.41) is 0. The maximum Gasteiger partial charge on any atom is 0.250 e. The number of benzene rings is 1. The topological polar surface area (TPSA) is 111 Å². The predicted octanol–water partition coefficient (Wildman–Crippen LogP) is 2.72. The lowest BCUT2D eigenvalue weighted by atomic mass is 10.1. The van der Waals surface area contributed by atoms with Crippen LogP contribution in [0.15, 0.2) is 41.0 Å². The van der Waals surface area contributed by atoms with Crippen molar-refractivity contribution in [2.24, 2.45) is 5.73 Å². The Hall–Kier alpha value is -2.74. The summed E-state index contributed by atoms with van der Waals surface area (Å²) in [5.41, 5.74) is 12.6. The summed E-state index contributed by atoms with van der Waals surface area (Å²) < 4.78 is 14.6. The van der Waals surface area contributed by atoms with Crippen LogP contribution in [-0.2, 0) is 0 Å². The average molecular weight is 376 g/mol. The molecule has 0 radical (unpaired) electrons. The molecule has 0 aliphatic heterocycles. The minimum Gasteiger partial charge on any atom is -0.368 e. The van der Waals surface area contributed by atoms with Gasteiger partial charge in [0.05, 0.1) is 27.1 Å². The Morgan fingerprint density at radius 3 is 2.78 bits per heavy atom. The predicted molar refractivity (Wildman–Crippen MR) is 87.8 cm³/mol. The highest BCUT2D eigenvalue weighted by molar-refractivity contribution is 9.10. The van der Waals surface area contributed by atoms with Gasteiger partial charge in [0, 0.05) is 11.8 Å².